The zero-order valence-electron chi connectivity index (χ0n) is 35.4. The summed E-state index contributed by atoms with van der Waals surface area (Å²) < 4.78 is 30.7. The summed E-state index contributed by atoms with van der Waals surface area (Å²) >= 11 is 0. The smallest absolute Gasteiger partial charge is 0.261 e. The maximum atomic E-state index is 14.0. The second kappa shape index (κ2) is 17.3. The number of methoxy groups -OCH3 is 2. The van der Waals surface area contributed by atoms with Crippen molar-refractivity contribution in [1.82, 2.24) is 0 Å². The molecule has 1 N–H and O–H groups in total. The van der Waals surface area contributed by atoms with Gasteiger partial charge in [-0.15, -0.1) is 0 Å². The van der Waals surface area contributed by atoms with E-state index in [9.17, 15) is 14.4 Å². The van der Waals surface area contributed by atoms with Crippen molar-refractivity contribution in [2.75, 3.05) is 42.5 Å². The number of fused-ring (bicyclic) bond motifs is 8. The standard InChI is InChI=1S/C50H50N4O8/c1-30(2)44(55)15-9-10-16-60-37-18-31(28-61-47-24-40-38(22-45(47)58-3)49(56)53-35(26-51-40)20-33-11-5-7-13-42(33)53)17-32(19-37)29-62-48-25-41-39(23-46(48)59-4)50(57)54-36(27-52-41)21-34-12-6-8-14-43(34)54/h5-8,11-14,17-19,22-26,30,35-36,52H,9-10,15-16,20-21,27-29H2,1-4H3/t35-,36-/m0/s1. The first-order valence-corrected chi connectivity index (χ1v) is 21.3. The number of carbonyl (C=O) groups excluding carboxylic acids is 3. The van der Waals surface area contributed by atoms with Gasteiger partial charge in [-0.2, -0.15) is 0 Å². The molecule has 5 aromatic carbocycles. The van der Waals surface area contributed by atoms with Crippen molar-refractivity contribution in [3.8, 4) is 28.7 Å². The maximum absolute atomic E-state index is 14.0. The number of anilines is 3. The molecular formula is C50H50N4O8. The van der Waals surface area contributed by atoms with Crippen LogP contribution in [0.25, 0.3) is 0 Å². The fraction of sp³-hybridized carbons (Fsp3) is 0.320. The Bertz CT molecular complexity index is 2590. The Morgan fingerprint density at radius 2 is 1.35 bits per heavy atom. The molecule has 12 nitrogen and oxygen atoms in total. The molecule has 4 heterocycles. The fourth-order valence-electron chi connectivity index (χ4n) is 8.78. The predicted octanol–water partition coefficient (Wildman–Crippen LogP) is 8.92. The van der Waals surface area contributed by atoms with E-state index in [2.05, 4.69) is 11.4 Å². The van der Waals surface area contributed by atoms with Crippen molar-refractivity contribution >= 4 is 46.6 Å². The van der Waals surface area contributed by atoms with E-state index in [-0.39, 0.29) is 48.8 Å². The van der Waals surface area contributed by atoms with Crippen molar-refractivity contribution in [3.63, 3.8) is 0 Å². The van der Waals surface area contributed by atoms with E-state index in [0.717, 1.165) is 52.9 Å². The predicted molar refractivity (Wildman–Crippen MR) is 238 cm³/mol. The zero-order valence-corrected chi connectivity index (χ0v) is 35.4. The van der Waals surface area contributed by atoms with Gasteiger partial charge in [0.25, 0.3) is 11.8 Å². The Morgan fingerprint density at radius 1 is 0.726 bits per heavy atom. The van der Waals surface area contributed by atoms with Gasteiger partial charge in [-0.05, 0) is 84.0 Å². The molecule has 0 aliphatic carbocycles. The van der Waals surface area contributed by atoms with Gasteiger partial charge in [0, 0.05) is 55.0 Å². The van der Waals surface area contributed by atoms with Gasteiger partial charge < -0.3 is 33.9 Å². The summed E-state index contributed by atoms with van der Waals surface area (Å²) in [7, 11) is 3.12. The monoisotopic (exact) mass is 834 g/mol. The highest BCUT2D eigenvalue weighted by Gasteiger charge is 2.38. The summed E-state index contributed by atoms with van der Waals surface area (Å²) in [5.41, 5.74) is 7.90. The highest BCUT2D eigenvalue weighted by atomic mass is 16.5. The topological polar surface area (TPSA) is 128 Å². The molecule has 0 saturated heterocycles. The molecule has 4 aliphatic heterocycles. The molecule has 2 atom stereocenters. The molecule has 0 saturated carbocycles. The van der Waals surface area contributed by atoms with E-state index < -0.39 is 0 Å². The Morgan fingerprint density at radius 3 is 2.05 bits per heavy atom. The molecule has 0 unspecified atom stereocenters. The minimum Gasteiger partial charge on any atom is -0.494 e. The fourth-order valence-corrected chi connectivity index (χ4v) is 8.78. The number of hydrogen-bond acceptors (Lipinski definition) is 10. The number of aliphatic imine (C=N–C) groups is 1. The maximum Gasteiger partial charge on any atom is 0.261 e. The second-order valence-electron chi connectivity index (χ2n) is 16.5. The zero-order chi connectivity index (χ0) is 42.9. The lowest BCUT2D eigenvalue weighted by molar-refractivity contribution is -0.122. The number of rotatable bonds is 15. The number of nitrogens with zero attached hydrogens (tertiary/aromatic N) is 3. The molecule has 0 radical (unpaired) electrons. The van der Waals surface area contributed by atoms with Crippen LogP contribution >= 0.6 is 0 Å². The largest absolute Gasteiger partial charge is 0.494 e. The summed E-state index contributed by atoms with van der Waals surface area (Å²) in [6.45, 7) is 5.19. The van der Waals surface area contributed by atoms with Gasteiger partial charge in [-0.25, -0.2) is 0 Å². The first-order valence-electron chi connectivity index (χ1n) is 21.3. The van der Waals surface area contributed by atoms with Gasteiger partial charge >= 0.3 is 0 Å². The lowest BCUT2D eigenvalue weighted by Gasteiger charge is -2.22. The van der Waals surface area contributed by atoms with Crippen LogP contribution in [-0.2, 0) is 30.8 Å². The van der Waals surface area contributed by atoms with Crippen LogP contribution in [0.4, 0.5) is 22.7 Å². The first-order chi connectivity index (χ1) is 30.2. The van der Waals surface area contributed by atoms with Crippen LogP contribution in [0.1, 0.15) is 76.1 Å². The van der Waals surface area contributed by atoms with Gasteiger partial charge in [-0.3, -0.25) is 24.3 Å². The molecule has 0 aromatic heterocycles. The minimum atomic E-state index is -0.179. The van der Waals surface area contributed by atoms with Crippen LogP contribution in [0.15, 0.2) is 96.0 Å². The number of ketones is 1. The number of para-hydroxylation sites is 2. The number of unbranched alkanes of at least 4 members (excludes halogenated alkanes) is 1. The summed E-state index contributed by atoms with van der Waals surface area (Å²) in [6, 6.07) is 28.7. The highest BCUT2D eigenvalue weighted by molar-refractivity contribution is 6.15. The molecule has 318 valence electrons. The van der Waals surface area contributed by atoms with Crippen molar-refractivity contribution in [2.24, 2.45) is 10.9 Å². The van der Waals surface area contributed by atoms with Gasteiger partial charge in [0.1, 0.15) is 24.7 Å². The SMILES string of the molecule is COc1cc2c(cc1OCc1cc(COc3cc4c(cc3OC)C(=O)N3c5ccccc5C[C@H]3CN4)cc(OCCCCC(=O)C(C)C)c1)N=C[C@@H]1Cc3ccccc3N1C2=O. The van der Waals surface area contributed by atoms with E-state index in [1.807, 2.05) is 91.7 Å². The van der Waals surface area contributed by atoms with E-state index >= 15 is 0 Å². The number of nitrogens with one attached hydrogen (secondary N) is 1. The van der Waals surface area contributed by atoms with Crippen LogP contribution in [0.2, 0.25) is 0 Å². The van der Waals surface area contributed by atoms with Crippen LogP contribution < -0.4 is 38.8 Å². The number of hydrogen-bond donors (Lipinski definition) is 1. The normalized spacial score (nSPS) is 16.9. The molecule has 62 heavy (non-hydrogen) atoms. The van der Waals surface area contributed by atoms with E-state index in [1.165, 1.54) is 0 Å². The molecule has 0 fully saturated rings. The number of Topliss-reactive ketones (excluding diaryl/α,β-unsaturated/α-hetero) is 1. The molecule has 5 aromatic rings. The van der Waals surface area contributed by atoms with Crippen molar-refractivity contribution in [3.05, 3.63) is 124 Å². The average molecular weight is 835 g/mol. The van der Waals surface area contributed by atoms with E-state index in [0.29, 0.717) is 77.2 Å². The molecule has 12 heteroatoms. The molecular weight excluding hydrogens is 785 g/mol. The molecule has 0 spiro atoms. The van der Waals surface area contributed by atoms with Gasteiger partial charge in [0.05, 0.1) is 55.4 Å². The van der Waals surface area contributed by atoms with Crippen LogP contribution in [0.3, 0.4) is 0 Å². The number of benzene rings is 5. The van der Waals surface area contributed by atoms with Gasteiger partial charge in [0.2, 0.25) is 0 Å². The van der Waals surface area contributed by atoms with Crippen LogP contribution in [0, 0.1) is 5.92 Å². The lowest BCUT2D eigenvalue weighted by atomic mass is 10.0. The quantitative estimate of drug-likeness (QED) is 0.103. The third kappa shape index (κ3) is 7.92. The van der Waals surface area contributed by atoms with Gasteiger partial charge in [0.15, 0.2) is 23.0 Å². The third-order valence-electron chi connectivity index (χ3n) is 12.0. The number of ether oxygens (including phenoxy) is 5. The summed E-state index contributed by atoms with van der Waals surface area (Å²) in [5.74, 6) is 2.46. The second-order valence-corrected chi connectivity index (χ2v) is 16.5. The summed E-state index contributed by atoms with van der Waals surface area (Å²) in [6.07, 6.45) is 5.30. The minimum absolute atomic E-state index is 0.00130. The number of amides is 2. The molecule has 9 rings (SSSR count). The summed E-state index contributed by atoms with van der Waals surface area (Å²) in [4.78, 5) is 48.6. The van der Waals surface area contributed by atoms with E-state index in [1.54, 1.807) is 37.3 Å². The molecule has 2 amide bonds. The highest BCUT2D eigenvalue weighted by Crippen LogP contribution is 2.43. The Hall–Kier alpha value is -6.82. The van der Waals surface area contributed by atoms with Crippen molar-refractivity contribution < 1.29 is 38.1 Å². The number of carbonyl (C=O) groups is 3. The van der Waals surface area contributed by atoms with Crippen molar-refractivity contribution in [1.29, 1.82) is 0 Å². The van der Waals surface area contributed by atoms with Crippen LogP contribution in [0.5, 0.6) is 28.7 Å². The Labute approximate surface area is 361 Å². The Kier molecular flexibility index (Phi) is 11.3. The summed E-state index contributed by atoms with van der Waals surface area (Å²) in [5, 5.41) is 3.50. The molecule has 0 bridgehead atoms. The Balaban J connectivity index is 0.947. The average Bonchev–Trinajstić information content (AvgIpc) is 3.78. The van der Waals surface area contributed by atoms with Crippen molar-refractivity contribution in [2.45, 2.75) is 71.2 Å². The van der Waals surface area contributed by atoms with E-state index in [4.69, 9.17) is 28.7 Å². The lowest BCUT2D eigenvalue weighted by Crippen LogP contribution is -2.39. The van der Waals surface area contributed by atoms with Gasteiger partial charge in [-0.1, -0.05) is 50.2 Å². The first kappa shape index (κ1) is 40.6. The molecule has 4 aliphatic rings. The third-order valence-corrected chi connectivity index (χ3v) is 12.0. The van der Waals surface area contributed by atoms with Crippen LogP contribution in [-0.4, -0.2) is 63.3 Å².